The minimum absolute atomic E-state index is 0.651. The predicted octanol–water partition coefficient (Wildman–Crippen LogP) is 6.53. The Morgan fingerprint density at radius 2 is 1.73 bits per heavy atom. The number of fused-ring (bicyclic) bond motifs is 10. The lowest BCUT2D eigenvalue weighted by atomic mass is 9.77. The van der Waals surface area contributed by atoms with E-state index in [0.717, 1.165) is 75.3 Å². The Morgan fingerprint density at radius 1 is 0.892 bits per heavy atom. The number of anilines is 2. The van der Waals surface area contributed by atoms with Crippen LogP contribution in [0.15, 0.2) is 79.0 Å². The number of hydrogen-bond acceptors (Lipinski definition) is 5. The van der Waals surface area contributed by atoms with Crippen LogP contribution in [0.3, 0.4) is 0 Å². The highest BCUT2D eigenvalue weighted by molar-refractivity contribution is 5.81. The van der Waals surface area contributed by atoms with Crippen molar-refractivity contribution in [2.75, 3.05) is 23.7 Å². The number of benzene rings is 3. The summed E-state index contributed by atoms with van der Waals surface area (Å²) in [6.45, 7) is 8.24. The second-order valence-electron chi connectivity index (χ2n) is 9.73. The Labute approximate surface area is 215 Å². The topological polar surface area (TPSA) is 65.0 Å². The van der Waals surface area contributed by atoms with Crippen molar-refractivity contribution < 1.29 is 9.47 Å². The zero-order valence-corrected chi connectivity index (χ0v) is 21.2. The van der Waals surface area contributed by atoms with Crippen molar-refractivity contribution >= 4 is 17.0 Å². The van der Waals surface area contributed by atoms with E-state index >= 15 is 0 Å². The van der Waals surface area contributed by atoms with Crippen LogP contribution in [0, 0.1) is 6.92 Å². The van der Waals surface area contributed by atoms with Crippen LogP contribution in [-0.4, -0.2) is 22.5 Å². The molecule has 1 atom stereocenters. The highest BCUT2D eigenvalue weighted by Crippen LogP contribution is 2.58. The summed E-state index contributed by atoms with van der Waals surface area (Å²) in [5.74, 6) is 2.29. The average Bonchev–Trinajstić information content (AvgIpc) is 3.31. The molecule has 0 radical (unpaired) electrons. The zero-order valence-electron chi connectivity index (χ0n) is 21.2. The Morgan fingerprint density at radius 3 is 2.57 bits per heavy atom. The summed E-state index contributed by atoms with van der Waals surface area (Å²) in [5.41, 5.74) is 13.8. The molecule has 5 aromatic rings. The fourth-order valence-electron chi connectivity index (χ4n) is 5.86. The molecule has 1 spiro atoms. The first-order chi connectivity index (χ1) is 18.0. The second kappa shape index (κ2) is 7.77. The van der Waals surface area contributed by atoms with Crippen LogP contribution in [0.4, 0.5) is 11.4 Å². The molecule has 0 aliphatic carbocycles. The van der Waals surface area contributed by atoms with Crippen molar-refractivity contribution in [1.82, 2.24) is 9.38 Å². The predicted molar refractivity (Wildman–Crippen MR) is 147 cm³/mol. The number of imidazole rings is 1. The smallest absolute Gasteiger partial charge is 0.209 e. The number of ether oxygens (including phenoxy) is 2. The van der Waals surface area contributed by atoms with E-state index in [9.17, 15) is 0 Å². The third kappa shape index (κ3) is 2.96. The fourth-order valence-corrected chi connectivity index (χ4v) is 5.86. The van der Waals surface area contributed by atoms with E-state index in [2.05, 4.69) is 66.6 Å². The van der Waals surface area contributed by atoms with Crippen LogP contribution in [-0.2, 0) is 5.60 Å². The zero-order chi connectivity index (χ0) is 25.3. The molecule has 0 saturated heterocycles. The number of hydrogen-bond donors (Lipinski definition) is 1. The van der Waals surface area contributed by atoms with Gasteiger partial charge in [0.15, 0.2) is 0 Å². The molecule has 6 heteroatoms. The highest BCUT2D eigenvalue weighted by atomic mass is 16.5. The Kier molecular flexibility index (Phi) is 4.58. The van der Waals surface area contributed by atoms with Gasteiger partial charge in [-0.15, -0.1) is 0 Å². The SMILES string of the molecule is CCN(CC)c1ccc2c(c1)Oc1ccc(N)cc1C21Oc2ccc(C)cc2-c2nc3ccccn3c21. The van der Waals surface area contributed by atoms with Gasteiger partial charge in [-0.1, -0.05) is 17.7 Å². The summed E-state index contributed by atoms with van der Waals surface area (Å²) < 4.78 is 15.9. The van der Waals surface area contributed by atoms with Gasteiger partial charge in [0.2, 0.25) is 5.60 Å². The number of aryl methyl sites for hydroxylation is 1. The van der Waals surface area contributed by atoms with Gasteiger partial charge in [-0.2, -0.15) is 0 Å². The van der Waals surface area contributed by atoms with E-state index in [0.29, 0.717) is 5.69 Å². The second-order valence-corrected chi connectivity index (χ2v) is 9.73. The van der Waals surface area contributed by atoms with E-state index < -0.39 is 5.60 Å². The quantitative estimate of drug-likeness (QED) is 0.293. The van der Waals surface area contributed by atoms with Crippen LogP contribution in [0.1, 0.15) is 36.2 Å². The first-order valence-electron chi connectivity index (χ1n) is 12.8. The molecule has 7 rings (SSSR count). The molecule has 2 aliphatic rings. The van der Waals surface area contributed by atoms with Gasteiger partial charge in [-0.25, -0.2) is 4.98 Å². The third-order valence-corrected chi connectivity index (χ3v) is 7.59. The van der Waals surface area contributed by atoms with Crippen molar-refractivity contribution in [3.8, 4) is 28.5 Å². The molecule has 0 saturated carbocycles. The van der Waals surface area contributed by atoms with Crippen LogP contribution >= 0.6 is 0 Å². The number of nitrogens with zero attached hydrogens (tertiary/aromatic N) is 3. The van der Waals surface area contributed by atoms with Gasteiger partial charge in [-0.3, -0.25) is 4.40 Å². The molecule has 1 unspecified atom stereocenters. The molecule has 0 fully saturated rings. The molecular weight excluding hydrogens is 460 g/mol. The number of pyridine rings is 1. The molecule has 0 bridgehead atoms. The average molecular weight is 489 g/mol. The van der Waals surface area contributed by atoms with Crippen LogP contribution < -0.4 is 20.1 Å². The lowest BCUT2D eigenvalue weighted by molar-refractivity contribution is 0.132. The fraction of sp³-hybridized carbons (Fsp3) is 0.194. The molecule has 4 heterocycles. The van der Waals surface area contributed by atoms with Crippen molar-refractivity contribution in [2.45, 2.75) is 26.4 Å². The maximum Gasteiger partial charge on any atom is 0.209 e. The van der Waals surface area contributed by atoms with Crippen molar-refractivity contribution in [2.24, 2.45) is 0 Å². The maximum absolute atomic E-state index is 7.16. The lowest BCUT2D eigenvalue weighted by Crippen LogP contribution is -2.42. The van der Waals surface area contributed by atoms with E-state index in [1.807, 2.05) is 42.5 Å². The summed E-state index contributed by atoms with van der Waals surface area (Å²) >= 11 is 0. The van der Waals surface area contributed by atoms with Crippen LogP contribution in [0.5, 0.6) is 17.2 Å². The largest absolute Gasteiger partial charge is 0.470 e. The van der Waals surface area contributed by atoms with Crippen LogP contribution in [0.25, 0.3) is 16.9 Å². The summed E-state index contributed by atoms with van der Waals surface area (Å²) in [5, 5.41) is 0. The number of nitrogens with two attached hydrogens (primary N) is 1. The van der Waals surface area contributed by atoms with E-state index in [1.165, 1.54) is 0 Å². The first-order valence-corrected chi connectivity index (χ1v) is 12.8. The van der Waals surface area contributed by atoms with Gasteiger partial charge in [0.05, 0.1) is 5.56 Å². The van der Waals surface area contributed by atoms with Gasteiger partial charge in [0.1, 0.15) is 34.3 Å². The molecule has 37 heavy (non-hydrogen) atoms. The highest BCUT2D eigenvalue weighted by Gasteiger charge is 2.53. The summed E-state index contributed by atoms with van der Waals surface area (Å²) in [6, 6.07) is 24.6. The lowest BCUT2D eigenvalue weighted by Gasteiger charge is -2.43. The third-order valence-electron chi connectivity index (χ3n) is 7.59. The van der Waals surface area contributed by atoms with Crippen molar-refractivity contribution in [3.05, 3.63) is 101 Å². The Hall–Kier alpha value is -4.45. The number of rotatable bonds is 3. The molecule has 2 N–H and O–H groups in total. The van der Waals surface area contributed by atoms with E-state index in [4.69, 9.17) is 20.2 Å². The summed E-state index contributed by atoms with van der Waals surface area (Å²) in [4.78, 5) is 7.44. The Balaban J connectivity index is 1.62. The summed E-state index contributed by atoms with van der Waals surface area (Å²) in [7, 11) is 0. The molecule has 6 nitrogen and oxygen atoms in total. The van der Waals surface area contributed by atoms with Crippen LogP contribution in [0.2, 0.25) is 0 Å². The normalized spacial score (nSPS) is 16.8. The molecule has 3 aromatic carbocycles. The summed E-state index contributed by atoms with van der Waals surface area (Å²) in [6.07, 6.45) is 2.05. The molecular formula is C31H28N4O2. The van der Waals surface area contributed by atoms with Gasteiger partial charge in [-0.05, 0) is 75.4 Å². The first kappa shape index (κ1) is 21.8. The van der Waals surface area contributed by atoms with Gasteiger partial charge in [0, 0.05) is 47.9 Å². The van der Waals surface area contributed by atoms with Gasteiger partial charge >= 0.3 is 0 Å². The minimum Gasteiger partial charge on any atom is -0.470 e. The van der Waals surface area contributed by atoms with Crippen molar-refractivity contribution in [3.63, 3.8) is 0 Å². The minimum atomic E-state index is -1.00. The Bertz CT molecular complexity index is 1700. The monoisotopic (exact) mass is 488 g/mol. The van der Waals surface area contributed by atoms with E-state index in [1.54, 1.807) is 0 Å². The number of nitrogen functional groups attached to an aromatic ring is 1. The van der Waals surface area contributed by atoms with E-state index in [-0.39, 0.29) is 0 Å². The molecule has 2 aliphatic heterocycles. The van der Waals surface area contributed by atoms with Gasteiger partial charge in [0.25, 0.3) is 0 Å². The molecule has 0 amide bonds. The van der Waals surface area contributed by atoms with Crippen molar-refractivity contribution in [1.29, 1.82) is 0 Å². The maximum atomic E-state index is 7.16. The molecule has 2 aromatic heterocycles. The standard InChI is InChI=1S/C31H28N4O2/c1-4-34(5-2)21-11-12-23-27(18-21)36-26-14-10-20(32)17-24(26)31(23)30-29(33-28-8-6-7-15-35(28)30)22-16-19(3)9-13-25(22)37-31/h6-18H,4-5,32H2,1-3H3. The number of aromatic nitrogens is 2. The molecule has 184 valence electrons. The van der Waals surface area contributed by atoms with Gasteiger partial charge < -0.3 is 20.1 Å².